The Labute approximate surface area is 173 Å². The van der Waals surface area contributed by atoms with Crippen LogP contribution in [0.25, 0.3) is 22.1 Å². The van der Waals surface area contributed by atoms with Crippen molar-refractivity contribution in [3.8, 4) is 0 Å². The van der Waals surface area contributed by atoms with Gasteiger partial charge in [-0.15, -0.1) is 23.1 Å². The van der Waals surface area contributed by atoms with Crippen LogP contribution >= 0.6 is 0 Å². The van der Waals surface area contributed by atoms with Crippen LogP contribution in [-0.2, 0) is 21.7 Å². The van der Waals surface area contributed by atoms with Crippen molar-refractivity contribution in [1.82, 2.24) is 0 Å². The van der Waals surface area contributed by atoms with E-state index in [0.29, 0.717) is 6.54 Å². The van der Waals surface area contributed by atoms with E-state index >= 15 is 0 Å². The number of rotatable bonds is 3. The van der Waals surface area contributed by atoms with Gasteiger partial charge in [0.05, 0.1) is 0 Å². The van der Waals surface area contributed by atoms with E-state index in [1.165, 1.54) is 21.9 Å². The number of hydrogen-bond donors (Lipinski definition) is 0. The van der Waals surface area contributed by atoms with Gasteiger partial charge in [-0.1, -0.05) is 73.2 Å². The summed E-state index contributed by atoms with van der Waals surface area (Å²) in [6.45, 7) is 6.91. The van der Waals surface area contributed by atoms with Crippen LogP contribution in [0.15, 0.2) is 54.6 Å². The van der Waals surface area contributed by atoms with Crippen molar-refractivity contribution in [3.05, 3.63) is 78.4 Å². The fourth-order valence-electron chi connectivity index (χ4n) is 2.46. The maximum absolute atomic E-state index is 6.60. The molecule has 0 unspecified atom stereocenters. The van der Waals surface area contributed by atoms with Gasteiger partial charge in [0.1, 0.15) is 0 Å². The molecule has 3 rings (SSSR count). The second-order valence-corrected chi connectivity index (χ2v) is 5.24. The van der Waals surface area contributed by atoms with Gasteiger partial charge in [-0.3, -0.25) is 0 Å². The first-order valence-electron chi connectivity index (χ1n) is 7.62. The van der Waals surface area contributed by atoms with E-state index in [2.05, 4.69) is 68.5 Å². The van der Waals surface area contributed by atoms with Crippen LogP contribution in [0.4, 0.5) is 0 Å². The third-order valence-electron chi connectivity index (χ3n) is 3.69. The van der Waals surface area contributed by atoms with Gasteiger partial charge in [-0.2, -0.15) is 19.0 Å². The van der Waals surface area contributed by atoms with Crippen molar-refractivity contribution in [3.63, 3.8) is 0 Å². The Kier molecular flexibility index (Phi) is 14.5. The SMILES string of the molecule is CCCC[NH-].[CH2-]c1c(C2=CC=CC2)ccc2ccccc12.[Cl-].[Cl-].[Ti+2]. The van der Waals surface area contributed by atoms with Crippen molar-refractivity contribution in [2.75, 3.05) is 6.54 Å². The molecule has 2 aromatic rings. The van der Waals surface area contributed by atoms with Crippen LogP contribution in [0, 0.1) is 6.92 Å². The summed E-state index contributed by atoms with van der Waals surface area (Å²) in [4.78, 5) is 0. The third-order valence-corrected chi connectivity index (χ3v) is 3.69. The first-order chi connectivity index (χ1) is 10.3. The largest absolute Gasteiger partial charge is 2.00 e. The van der Waals surface area contributed by atoms with Crippen LogP contribution in [-0.4, -0.2) is 6.54 Å². The molecule has 0 heterocycles. The summed E-state index contributed by atoms with van der Waals surface area (Å²) in [6, 6.07) is 12.8. The zero-order valence-corrected chi connectivity index (χ0v) is 17.1. The van der Waals surface area contributed by atoms with Gasteiger partial charge in [0.2, 0.25) is 0 Å². The van der Waals surface area contributed by atoms with E-state index in [9.17, 15) is 0 Å². The van der Waals surface area contributed by atoms with Crippen molar-refractivity contribution in [2.24, 2.45) is 0 Å². The summed E-state index contributed by atoms with van der Waals surface area (Å²) in [5.41, 5.74) is 10.4. The Morgan fingerprint density at radius 2 is 1.79 bits per heavy atom. The minimum absolute atomic E-state index is 0. The molecule has 2 aromatic carbocycles. The van der Waals surface area contributed by atoms with E-state index in [1.807, 2.05) is 0 Å². The van der Waals surface area contributed by atoms with Crippen LogP contribution < -0.4 is 24.8 Å². The Morgan fingerprint density at radius 1 is 1.08 bits per heavy atom. The molecule has 0 radical (unpaired) electrons. The van der Waals surface area contributed by atoms with Gasteiger partial charge >= 0.3 is 21.7 Å². The maximum Gasteiger partial charge on any atom is 2.00 e. The van der Waals surface area contributed by atoms with E-state index in [4.69, 9.17) is 5.73 Å². The molecule has 1 aliphatic carbocycles. The Morgan fingerprint density at radius 3 is 2.33 bits per heavy atom. The molecule has 0 spiro atoms. The van der Waals surface area contributed by atoms with Crippen LogP contribution in [0.1, 0.15) is 37.3 Å². The van der Waals surface area contributed by atoms with E-state index in [1.54, 1.807) is 0 Å². The number of halogens is 2. The molecule has 24 heavy (non-hydrogen) atoms. The molecule has 4 heteroatoms. The average molecular weight is 396 g/mol. The average Bonchev–Trinajstić information content (AvgIpc) is 3.03. The number of benzene rings is 2. The van der Waals surface area contributed by atoms with Gasteiger partial charge in [-0.25, -0.2) is 0 Å². The first kappa shape index (κ1) is 25.5. The molecule has 0 atom stereocenters. The van der Waals surface area contributed by atoms with Crippen LogP contribution in [0.2, 0.25) is 0 Å². The van der Waals surface area contributed by atoms with Gasteiger partial charge in [0.25, 0.3) is 0 Å². The summed E-state index contributed by atoms with van der Waals surface area (Å²) in [5.74, 6) is 0. The molecule has 128 valence electrons. The minimum Gasteiger partial charge on any atom is -1.00 e. The van der Waals surface area contributed by atoms with Gasteiger partial charge in [0.15, 0.2) is 0 Å². The molecule has 1 aliphatic rings. The molecular formula is C20H23Cl2NTi-2. The number of allylic oxidation sites excluding steroid dienone is 4. The fourth-order valence-corrected chi connectivity index (χ4v) is 2.46. The molecule has 1 nitrogen and oxygen atoms in total. The summed E-state index contributed by atoms with van der Waals surface area (Å²) >= 11 is 0. The predicted octanol–water partition coefficient (Wildman–Crippen LogP) is 0.209. The van der Waals surface area contributed by atoms with Crippen LogP contribution in [0.3, 0.4) is 0 Å². The van der Waals surface area contributed by atoms with E-state index < -0.39 is 0 Å². The zero-order chi connectivity index (χ0) is 15.1. The van der Waals surface area contributed by atoms with Crippen molar-refractivity contribution >= 4 is 16.3 Å². The van der Waals surface area contributed by atoms with Gasteiger partial charge in [-0.05, 0) is 6.42 Å². The monoisotopic (exact) mass is 395 g/mol. The fraction of sp³-hybridized carbons (Fsp3) is 0.250. The molecule has 0 aliphatic heterocycles. The molecule has 0 amide bonds. The zero-order valence-electron chi connectivity index (χ0n) is 14.0. The molecule has 1 N–H and O–H groups in total. The quantitative estimate of drug-likeness (QED) is 0.524. The molecule has 0 fully saturated rings. The van der Waals surface area contributed by atoms with Crippen molar-refractivity contribution < 1.29 is 46.5 Å². The summed E-state index contributed by atoms with van der Waals surface area (Å²) < 4.78 is 0. The van der Waals surface area contributed by atoms with E-state index in [-0.39, 0.29) is 46.5 Å². The Hall–Kier alpha value is -0.696. The van der Waals surface area contributed by atoms with Crippen molar-refractivity contribution in [2.45, 2.75) is 26.2 Å². The predicted molar refractivity (Wildman–Crippen MR) is 94.2 cm³/mol. The van der Waals surface area contributed by atoms with E-state index in [0.717, 1.165) is 24.8 Å². The topological polar surface area (TPSA) is 23.8 Å². The second-order valence-electron chi connectivity index (χ2n) is 5.24. The summed E-state index contributed by atoms with van der Waals surface area (Å²) in [6.07, 6.45) is 9.72. The summed E-state index contributed by atoms with van der Waals surface area (Å²) in [5, 5.41) is 2.52. The number of nitrogens with one attached hydrogen (secondary N) is 1. The van der Waals surface area contributed by atoms with Gasteiger partial charge < -0.3 is 30.5 Å². The summed E-state index contributed by atoms with van der Waals surface area (Å²) in [7, 11) is 0. The molecular weight excluding hydrogens is 373 g/mol. The molecule has 0 saturated heterocycles. The molecule has 0 bridgehead atoms. The van der Waals surface area contributed by atoms with Gasteiger partial charge in [0, 0.05) is 0 Å². The Balaban J connectivity index is 0. The number of hydrogen-bond acceptors (Lipinski definition) is 0. The minimum atomic E-state index is 0. The standard InChI is InChI=1S/C16H13.C4H10N.2ClH.Ti/c1-12-15-9-5-4-8-14(15)10-11-16(12)13-6-2-3-7-13;1-2-3-4-5;;;/h2-6,8-11H,1,7H2;5H,2-4H2,1H3;2*1H;/q2*-1;;;+2/p-2. The van der Waals surface area contributed by atoms with Crippen molar-refractivity contribution in [1.29, 1.82) is 0 Å². The molecule has 0 saturated carbocycles. The smallest absolute Gasteiger partial charge is 1.00 e. The first-order valence-corrected chi connectivity index (χ1v) is 7.62. The Bertz CT molecular complexity index is 664. The third kappa shape index (κ3) is 6.66. The second kappa shape index (κ2) is 13.6. The molecule has 0 aromatic heterocycles. The number of unbranched alkanes of at least 4 members (excludes halogenated alkanes) is 1. The number of fused-ring (bicyclic) bond motifs is 1. The van der Waals surface area contributed by atoms with Crippen LogP contribution in [0.5, 0.6) is 0 Å². The maximum atomic E-state index is 6.60. The normalized spacial score (nSPS) is 11.3.